The minimum atomic E-state index is -0.231. The van der Waals surface area contributed by atoms with Crippen molar-refractivity contribution in [1.82, 2.24) is 10.6 Å². The second kappa shape index (κ2) is 6.92. The lowest BCUT2D eigenvalue weighted by Crippen LogP contribution is -2.43. The summed E-state index contributed by atoms with van der Waals surface area (Å²) in [6.07, 6.45) is 8.21. The highest BCUT2D eigenvalue weighted by Crippen LogP contribution is 2.23. The number of primary amides is 1. The van der Waals surface area contributed by atoms with Gasteiger partial charge >= 0.3 is 0 Å². The van der Waals surface area contributed by atoms with Crippen molar-refractivity contribution < 1.29 is 9.59 Å². The average molecular weight is 237 g/mol. The van der Waals surface area contributed by atoms with Crippen LogP contribution in [0.2, 0.25) is 0 Å². The van der Waals surface area contributed by atoms with Gasteiger partial charge in [-0.3, -0.25) is 14.9 Å². The predicted molar refractivity (Wildman–Crippen MR) is 64.8 cm³/mol. The number of rotatable bonds is 5. The van der Waals surface area contributed by atoms with Crippen LogP contribution >= 0.6 is 0 Å². The molecule has 1 rings (SSSR count). The second-order valence-corrected chi connectivity index (χ2v) is 4.33. The fraction of sp³-hybridized carbons (Fsp3) is 0.667. The van der Waals surface area contributed by atoms with E-state index >= 15 is 0 Å². The number of hydrogen-bond acceptors (Lipinski definition) is 3. The Labute approximate surface area is 102 Å². The highest BCUT2D eigenvalue weighted by atomic mass is 16.2. The Morgan fingerprint density at radius 3 is 2.47 bits per heavy atom. The third kappa shape index (κ3) is 4.87. The summed E-state index contributed by atoms with van der Waals surface area (Å²) in [6.45, 7) is 0.627. The lowest BCUT2D eigenvalue weighted by Gasteiger charge is -2.27. The van der Waals surface area contributed by atoms with Crippen molar-refractivity contribution >= 4 is 11.8 Å². The van der Waals surface area contributed by atoms with E-state index in [0.29, 0.717) is 6.54 Å². The van der Waals surface area contributed by atoms with E-state index in [-0.39, 0.29) is 30.3 Å². The summed E-state index contributed by atoms with van der Waals surface area (Å²) in [6, 6.07) is 0.158. The standard InChI is InChI=1S/C12H19N3O2/c1-2-7-14-8-11(16)15-10-5-3-9(4-6-10)12(13)17/h1,9-10,14H,3-8H2,(H2,13,17)(H,15,16). The van der Waals surface area contributed by atoms with Gasteiger partial charge in [-0.15, -0.1) is 6.42 Å². The number of carbonyl (C=O) groups excluding carboxylic acids is 2. The molecule has 0 aromatic rings. The van der Waals surface area contributed by atoms with Crippen molar-refractivity contribution in [2.75, 3.05) is 13.1 Å². The van der Waals surface area contributed by atoms with Crippen LogP contribution in [0.15, 0.2) is 0 Å². The minimum Gasteiger partial charge on any atom is -0.369 e. The molecule has 0 bridgehead atoms. The van der Waals surface area contributed by atoms with Crippen molar-refractivity contribution in [3.63, 3.8) is 0 Å². The molecule has 0 atom stereocenters. The summed E-state index contributed by atoms with van der Waals surface area (Å²) < 4.78 is 0. The third-order valence-corrected chi connectivity index (χ3v) is 3.01. The maximum absolute atomic E-state index is 11.5. The summed E-state index contributed by atoms with van der Waals surface area (Å²) in [7, 11) is 0. The van der Waals surface area contributed by atoms with Crippen molar-refractivity contribution in [2.24, 2.45) is 11.7 Å². The first kappa shape index (κ1) is 13.5. The van der Waals surface area contributed by atoms with Crippen LogP contribution in [0.4, 0.5) is 0 Å². The van der Waals surface area contributed by atoms with Gasteiger partial charge < -0.3 is 11.1 Å². The summed E-state index contributed by atoms with van der Waals surface area (Å²) in [4.78, 5) is 22.4. The van der Waals surface area contributed by atoms with Gasteiger partial charge in [0.25, 0.3) is 0 Å². The maximum Gasteiger partial charge on any atom is 0.234 e. The molecule has 1 aliphatic rings. The largest absolute Gasteiger partial charge is 0.369 e. The number of carbonyl (C=O) groups is 2. The van der Waals surface area contributed by atoms with Crippen LogP contribution in [-0.2, 0) is 9.59 Å². The topological polar surface area (TPSA) is 84.2 Å². The van der Waals surface area contributed by atoms with E-state index in [1.807, 2.05) is 0 Å². The average Bonchev–Trinajstić information content (AvgIpc) is 2.30. The van der Waals surface area contributed by atoms with Gasteiger partial charge in [-0.1, -0.05) is 5.92 Å². The van der Waals surface area contributed by atoms with Crippen LogP contribution in [0.1, 0.15) is 25.7 Å². The highest BCUT2D eigenvalue weighted by Gasteiger charge is 2.25. The van der Waals surface area contributed by atoms with E-state index in [2.05, 4.69) is 16.6 Å². The van der Waals surface area contributed by atoms with Crippen molar-refractivity contribution in [3.05, 3.63) is 0 Å². The molecule has 5 heteroatoms. The van der Waals surface area contributed by atoms with Crippen molar-refractivity contribution in [1.29, 1.82) is 0 Å². The molecule has 94 valence electrons. The van der Waals surface area contributed by atoms with E-state index in [9.17, 15) is 9.59 Å². The molecule has 0 aromatic carbocycles. The molecule has 0 spiro atoms. The van der Waals surface area contributed by atoms with Crippen LogP contribution < -0.4 is 16.4 Å². The fourth-order valence-electron chi connectivity index (χ4n) is 2.05. The molecule has 2 amide bonds. The van der Waals surface area contributed by atoms with Crippen molar-refractivity contribution in [2.45, 2.75) is 31.7 Å². The van der Waals surface area contributed by atoms with E-state index < -0.39 is 0 Å². The van der Waals surface area contributed by atoms with E-state index in [1.165, 1.54) is 0 Å². The molecule has 0 aliphatic heterocycles. The zero-order valence-corrected chi connectivity index (χ0v) is 9.87. The number of nitrogens with two attached hydrogens (primary N) is 1. The molecule has 1 aliphatic carbocycles. The lowest BCUT2D eigenvalue weighted by molar-refractivity contribution is -0.123. The molecular formula is C12H19N3O2. The Bertz CT molecular complexity index is 314. The molecule has 4 N–H and O–H groups in total. The fourth-order valence-corrected chi connectivity index (χ4v) is 2.05. The Hall–Kier alpha value is -1.54. The normalized spacial score (nSPS) is 23.7. The quantitative estimate of drug-likeness (QED) is 0.439. The van der Waals surface area contributed by atoms with Gasteiger partial charge in [0.1, 0.15) is 0 Å². The van der Waals surface area contributed by atoms with Gasteiger partial charge in [-0.2, -0.15) is 0 Å². The molecule has 1 saturated carbocycles. The van der Waals surface area contributed by atoms with Crippen molar-refractivity contribution in [3.8, 4) is 12.3 Å². The van der Waals surface area contributed by atoms with Gasteiger partial charge in [0, 0.05) is 12.0 Å². The molecule has 0 unspecified atom stereocenters. The van der Waals surface area contributed by atoms with E-state index in [0.717, 1.165) is 25.7 Å². The Morgan fingerprint density at radius 2 is 1.94 bits per heavy atom. The Kier molecular flexibility index (Phi) is 5.50. The summed E-state index contributed by atoms with van der Waals surface area (Å²) >= 11 is 0. The van der Waals surface area contributed by atoms with Gasteiger partial charge in [-0.05, 0) is 25.7 Å². The SMILES string of the molecule is C#CCNCC(=O)NC1CCC(C(N)=O)CC1. The van der Waals surface area contributed by atoms with Gasteiger partial charge in [0.15, 0.2) is 0 Å². The number of nitrogens with one attached hydrogen (secondary N) is 2. The van der Waals surface area contributed by atoms with Crippen LogP contribution in [0.25, 0.3) is 0 Å². The predicted octanol–water partition coefficient (Wildman–Crippen LogP) is -0.630. The highest BCUT2D eigenvalue weighted by molar-refractivity contribution is 5.78. The van der Waals surface area contributed by atoms with Gasteiger partial charge in [-0.25, -0.2) is 0 Å². The smallest absolute Gasteiger partial charge is 0.234 e. The van der Waals surface area contributed by atoms with E-state index in [4.69, 9.17) is 12.2 Å². The molecular weight excluding hydrogens is 218 g/mol. The first-order chi connectivity index (χ1) is 8.13. The molecule has 5 nitrogen and oxygen atoms in total. The molecule has 0 saturated heterocycles. The van der Waals surface area contributed by atoms with Crippen LogP contribution in [0.5, 0.6) is 0 Å². The third-order valence-electron chi connectivity index (χ3n) is 3.01. The summed E-state index contributed by atoms with van der Waals surface area (Å²) in [5.74, 6) is 2.09. The van der Waals surface area contributed by atoms with Crippen LogP contribution in [0.3, 0.4) is 0 Å². The van der Waals surface area contributed by atoms with Crippen LogP contribution in [-0.4, -0.2) is 30.9 Å². The minimum absolute atomic E-state index is 0.0253. The molecule has 1 fully saturated rings. The van der Waals surface area contributed by atoms with Gasteiger partial charge in [0.05, 0.1) is 13.1 Å². The monoisotopic (exact) mass is 237 g/mol. The zero-order chi connectivity index (χ0) is 12.7. The number of hydrogen-bond donors (Lipinski definition) is 3. The maximum atomic E-state index is 11.5. The first-order valence-corrected chi connectivity index (χ1v) is 5.86. The first-order valence-electron chi connectivity index (χ1n) is 5.86. The molecule has 0 radical (unpaired) electrons. The molecule has 0 aromatic heterocycles. The second-order valence-electron chi connectivity index (χ2n) is 4.33. The number of amides is 2. The van der Waals surface area contributed by atoms with Gasteiger partial charge in [0.2, 0.25) is 11.8 Å². The van der Waals surface area contributed by atoms with Crippen LogP contribution in [0, 0.1) is 18.3 Å². The van der Waals surface area contributed by atoms with E-state index in [1.54, 1.807) is 0 Å². The molecule has 17 heavy (non-hydrogen) atoms. The Morgan fingerprint density at radius 1 is 1.29 bits per heavy atom. The Balaban J connectivity index is 2.19. The molecule has 0 heterocycles. The summed E-state index contributed by atoms with van der Waals surface area (Å²) in [5, 5.41) is 5.74. The number of terminal acetylenes is 1. The zero-order valence-electron chi connectivity index (χ0n) is 9.87. The summed E-state index contributed by atoms with van der Waals surface area (Å²) in [5.41, 5.74) is 5.24. The lowest BCUT2D eigenvalue weighted by atomic mass is 9.85.